The Labute approximate surface area is 186 Å². The lowest BCUT2D eigenvalue weighted by Gasteiger charge is -2.27. The fourth-order valence-electron chi connectivity index (χ4n) is 2.81. The van der Waals surface area contributed by atoms with Crippen LogP contribution in [0.5, 0.6) is 0 Å². The number of amides is 3. The van der Waals surface area contributed by atoms with E-state index in [4.69, 9.17) is 5.73 Å². The first kappa shape index (κ1) is 27.0. The standard InChI is InChI=1S/C20H34N6O6/c1-9(2)14(21)18(29)26-16(11(5)27)19(30)24-13(6-12-7-22-8-23-12)17(28)25-15(10(3)4)20(31)32/h7-11,13-16,27H,6,21H2,1-5H3,(H,22,23)(H,24,30)(H,25,28)(H,26,29)(H,31,32). The van der Waals surface area contributed by atoms with Gasteiger partial charge in [0.15, 0.2) is 0 Å². The van der Waals surface area contributed by atoms with Gasteiger partial charge in [0, 0.05) is 18.3 Å². The second kappa shape index (κ2) is 12.2. The molecule has 1 rings (SSSR count). The van der Waals surface area contributed by atoms with E-state index >= 15 is 0 Å². The number of H-pyrrole nitrogens is 1. The highest BCUT2D eigenvalue weighted by molar-refractivity contribution is 5.94. The van der Waals surface area contributed by atoms with Crippen molar-refractivity contribution in [2.75, 3.05) is 0 Å². The molecule has 0 radical (unpaired) electrons. The van der Waals surface area contributed by atoms with E-state index in [2.05, 4.69) is 25.9 Å². The van der Waals surface area contributed by atoms with Crippen LogP contribution in [0, 0.1) is 11.8 Å². The lowest BCUT2D eigenvalue weighted by molar-refractivity contribution is -0.143. The molecule has 1 aromatic rings. The van der Waals surface area contributed by atoms with E-state index in [9.17, 15) is 29.4 Å². The van der Waals surface area contributed by atoms with E-state index in [1.807, 2.05) is 0 Å². The van der Waals surface area contributed by atoms with Crippen LogP contribution in [0.4, 0.5) is 0 Å². The van der Waals surface area contributed by atoms with Crippen molar-refractivity contribution in [1.82, 2.24) is 25.9 Å². The number of carboxylic acid groups (broad SMARTS) is 1. The van der Waals surface area contributed by atoms with Gasteiger partial charge in [-0.1, -0.05) is 27.7 Å². The van der Waals surface area contributed by atoms with Crippen LogP contribution in [0.2, 0.25) is 0 Å². The maximum Gasteiger partial charge on any atom is 0.326 e. The van der Waals surface area contributed by atoms with Crippen LogP contribution in [0.3, 0.4) is 0 Å². The molecule has 0 bridgehead atoms. The Bertz CT molecular complexity index is 780. The van der Waals surface area contributed by atoms with E-state index in [-0.39, 0.29) is 12.3 Å². The highest BCUT2D eigenvalue weighted by atomic mass is 16.4. The van der Waals surface area contributed by atoms with Gasteiger partial charge in [0.25, 0.3) is 0 Å². The van der Waals surface area contributed by atoms with Gasteiger partial charge in [0.1, 0.15) is 18.1 Å². The number of rotatable bonds is 12. The van der Waals surface area contributed by atoms with Crippen molar-refractivity contribution >= 4 is 23.7 Å². The molecule has 0 saturated heterocycles. The van der Waals surface area contributed by atoms with Gasteiger partial charge in [-0.25, -0.2) is 9.78 Å². The third-order valence-corrected chi connectivity index (χ3v) is 4.93. The number of imidazole rings is 1. The Morgan fingerprint density at radius 2 is 1.56 bits per heavy atom. The summed E-state index contributed by atoms with van der Waals surface area (Å²) in [6, 6.07) is -4.62. The fraction of sp³-hybridized carbons (Fsp3) is 0.650. The van der Waals surface area contributed by atoms with Crippen LogP contribution in [0.25, 0.3) is 0 Å². The number of carboxylic acids is 1. The molecule has 0 fully saturated rings. The SMILES string of the molecule is CC(C)C(N)C(=O)NC(C(=O)NC(Cc1cnc[nH]1)C(=O)NC(C(=O)O)C(C)C)C(C)O. The van der Waals surface area contributed by atoms with Crippen LogP contribution >= 0.6 is 0 Å². The normalized spacial score (nSPS) is 16.0. The highest BCUT2D eigenvalue weighted by Gasteiger charge is 2.33. The molecule has 0 saturated carbocycles. The van der Waals surface area contributed by atoms with Gasteiger partial charge in [0.05, 0.1) is 18.5 Å². The summed E-state index contributed by atoms with van der Waals surface area (Å²) in [4.78, 5) is 56.1. The van der Waals surface area contributed by atoms with Crippen molar-refractivity contribution in [2.45, 2.75) is 71.3 Å². The first-order valence-corrected chi connectivity index (χ1v) is 10.4. The minimum Gasteiger partial charge on any atom is -0.480 e. The summed E-state index contributed by atoms with van der Waals surface area (Å²) in [5.41, 5.74) is 6.32. The predicted molar refractivity (Wildman–Crippen MR) is 115 cm³/mol. The third-order valence-electron chi connectivity index (χ3n) is 4.93. The van der Waals surface area contributed by atoms with Crippen LogP contribution < -0.4 is 21.7 Å². The Kier molecular flexibility index (Phi) is 10.3. The molecule has 12 heteroatoms. The molecule has 12 nitrogen and oxygen atoms in total. The van der Waals surface area contributed by atoms with E-state index < -0.39 is 59.9 Å². The van der Waals surface area contributed by atoms with Crippen molar-refractivity contribution in [2.24, 2.45) is 17.6 Å². The zero-order chi connectivity index (χ0) is 24.6. The summed E-state index contributed by atoms with van der Waals surface area (Å²) in [5.74, 6) is -3.99. The molecule has 0 spiro atoms. The summed E-state index contributed by atoms with van der Waals surface area (Å²) < 4.78 is 0. The molecule has 0 aliphatic rings. The number of aromatic amines is 1. The molecule has 5 atom stereocenters. The van der Waals surface area contributed by atoms with Gasteiger partial charge in [-0.05, 0) is 18.8 Å². The lowest BCUT2D eigenvalue weighted by atomic mass is 10.0. The molecule has 8 N–H and O–H groups in total. The molecule has 32 heavy (non-hydrogen) atoms. The van der Waals surface area contributed by atoms with Crippen LogP contribution in [-0.2, 0) is 25.6 Å². The summed E-state index contributed by atoms with van der Waals surface area (Å²) >= 11 is 0. The molecule has 0 aromatic carbocycles. The number of aliphatic hydroxyl groups excluding tert-OH is 1. The molecular weight excluding hydrogens is 420 g/mol. The first-order valence-electron chi connectivity index (χ1n) is 10.4. The van der Waals surface area contributed by atoms with Gasteiger partial charge in [0.2, 0.25) is 17.7 Å². The number of nitrogens with one attached hydrogen (secondary N) is 4. The van der Waals surface area contributed by atoms with Gasteiger partial charge >= 0.3 is 5.97 Å². The number of hydrogen-bond donors (Lipinski definition) is 7. The number of carbonyl (C=O) groups excluding carboxylic acids is 3. The maximum absolute atomic E-state index is 12.9. The quantitative estimate of drug-likeness (QED) is 0.198. The Balaban J connectivity index is 3.05. The van der Waals surface area contributed by atoms with E-state index in [0.717, 1.165) is 0 Å². The van der Waals surface area contributed by atoms with Crippen molar-refractivity contribution in [3.8, 4) is 0 Å². The fourth-order valence-corrected chi connectivity index (χ4v) is 2.81. The maximum atomic E-state index is 12.9. The molecular formula is C20H34N6O6. The Morgan fingerprint density at radius 3 is 2.00 bits per heavy atom. The largest absolute Gasteiger partial charge is 0.480 e. The Hall–Kier alpha value is -2.99. The van der Waals surface area contributed by atoms with E-state index in [0.29, 0.717) is 5.69 Å². The van der Waals surface area contributed by atoms with Crippen molar-refractivity contribution in [3.63, 3.8) is 0 Å². The molecule has 5 unspecified atom stereocenters. The number of aromatic nitrogens is 2. The molecule has 1 aromatic heterocycles. The monoisotopic (exact) mass is 454 g/mol. The third kappa shape index (κ3) is 7.93. The van der Waals surface area contributed by atoms with E-state index in [1.54, 1.807) is 27.7 Å². The second-order valence-corrected chi connectivity index (χ2v) is 8.41. The summed E-state index contributed by atoms with van der Waals surface area (Å²) in [7, 11) is 0. The minimum absolute atomic E-state index is 0.0198. The minimum atomic E-state index is -1.37. The molecule has 1 heterocycles. The number of nitrogens with zero attached hydrogens (tertiary/aromatic N) is 1. The lowest BCUT2D eigenvalue weighted by Crippen LogP contribution is -2.60. The molecule has 3 amide bonds. The van der Waals surface area contributed by atoms with Crippen LogP contribution in [-0.4, -0.2) is 74.1 Å². The zero-order valence-corrected chi connectivity index (χ0v) is 19.0. The van der Waals surface area contributed by atoms with Gasteiger partial charge in [-0.15, -0.1) is 0 Å². The highest BCUT2D eigenvalue weighted by Crippen LogP contribution is 2.06. The number of nitrogens with two attached hydrogens (primary N) is 1. The van der Waals surface area contributed by atoms with Crippen LogP contribution in [0.1, 0.15) is 40.3 Å². The number of carbonyl (C=O) groups is 4. The molecule has 180 valence electrons. The van der Waals surface area contributed by atoms with Crippen molar-refractivity contribution in [3.05, 3.63) is 18.2 Å². The van der Waals surface area contributed by atoms with Crippen molar-refractivity contribution < 1.29 is 29.4 Å². The predicted octanol–water partition coefficient (Wildman–Crippen LogP) is -1.49. The number of aliphatic hydroxyl groups is 1. The van der Waals surface area contributed by atoms with Crippen molar-refractivity contribution in [1.29, 1.82) is 0 Å². The Morgan fingerprint density at radius 1 is 0.969 bits per heavy atom. The number of aliphatic carboxylic acids is 1. The molecule has 0 aliphatic heterocycles. The average molecular weight is 455 g/mol. The summed E-state index contributed by atoms with van der Waals surface area (Å²) in [6.45, 7) is 8.06. The van der Waals surface area contributed by atoms with Crippen LogP contribution in [0.15, 0.2) is 12.5 Å². The average Bonchev–Trinajstić information content (AvgIpc) is 3.20. The van der Waals surface area contributed by atoms with Gasteiger partial charge in [-0.2, -0.15) is 0 Å². The van der Waals surface area contributed by atoms with Gasteiger partial charge < -0.3 is 36.9 Å². The van der Waals surface area contributed by atoms with E-state index in [1.165, 1.54) is 19.4 Å². The molecule has 0 aliphatic carbocycles. The number of hydrogen-bond acceptors (Lipinski definition) is 7. The summed E-state index contributed by atoms with van der Waals surface area (Å²) in [5, 5.41) is 26.7. The smallest absolute Gasteiger partial charge is 0.326 e. The van der Waals surface area contributed by atoms with Gasteiger partial charge in [-0.3, -0.25) is 14.4 Å². The summed E-state index contributed by atoms with van der Waals surface area (Å²) in [6.07, 6.45) is 1.55. The first-order chi connectivity index (χ1) is 14.8. The second-order valence-electron chi connectivity index (χ2n) is 8.41. The zero-order valence-electron chi connectivity index (χ0n) is 19.0. The topological polar surface area (TPSA) is 200 Å².